The molecule has 1 spiro atoms. The lowest BCUT2D eigenvalue weighted by atomic mass is 9.77. The Hall–Kier alpha value is -2.43. The average molecular weight is 351 g/mol. The van der Waals surface area contributed by atoms with Gasteiger partial charge < -0.3 is 4.74 Å². The summed E-state index contributed by atoms with van der Waals surface area (Å²) in [4.78, 5) is 23.1. The van der Waals surface area contributed by atoms with Crippen LogP contribution in [0.25, 0.3) is 0 Å². The maximum Gasteiger partial charge on any atom is 0.338 e. The number of rotatable bonds is 4. The van der Waals surface area contributed by atoms with Crippen LogP contribution in [0.5, 0.6) is 0 Å². The number of nitro benzene ring substituents is 1. The fourth-order valence-electron chi connectivity index (χ4n) is 6.51. The van der Waals surface area contributed by atoms with Gasteiger partial charge in [-0.15, -0.1) is 6.58 Å². The van der Waals surface area contributed by atoms with Gasteiger partial charge in [-0.3, -0.25) is 10.1 Å². The summed E-state index contributed by atoms with van der Waals surface area (Å²) < 4.78 is 6.14. The van der Waals surface area contributed by atoms with Crippen molar-refractivity contribution in [2.45, 2.75) is 38.2 Å². The minimum absolute atomic E-state index is 0.0280. The Kier molecular flexibility index (Phi) is 2.70. The standard InChI is InChI=1S/C21H21NO4/c1-3-19-10-4-5-11-20(19)12-18(2)13-21(18,17(19)20)26-16(23)14-6-8-15(9-7-14)22(24)25/h3-4,6-10,17H,1,5,11-13H2,2H3/t17-,18+,19-,20?,21-/m1/s1. The number of nitrogens with zero attached hydrogens (tertiary/aromatic N) is 1. The van der Waals surface area contributed by atoms with E-state index in [0.717, 1.165) is 25.7 Å². The molecule has 0 aliphatic heterocycles. The first-order chi connectivity index (χ1) is 12.3. The van der Waals surface area contributed by atoms with E-state index in [1.54, 1.807) is 0 Å². The van der Waals surface area contributed by atoms with E-state index in [-0.39, 0.29) is 27.9 Å². The molecule has 4 aliphatic rings. The number of allylic oxidation sites excluding steroid dienone is 3. The SMILES string of the molecule is C=C[C@]12C=CCCC13C[C@@]1(C)C[C@@]1(OC(=O)c1ccc([N+](=O)[O-])cc1)[C@@H]32. The number of ether oxygens (including phenoxy) is 1. The number of fused-ring (bicyclic) bond motifs is 3. The van der Waals surface area contributed by atoms with Gasteiger partial charge in [0, 0.05) is 28.9 Å². The minimum Gasteiger partial charge on any atom is -0.455 e. The normalized spacial score (nSPS) is 43.7. The zero-order valence-corrected chi connectivity index (χ0v) is 14.7. The van der Waals surface area contributed by atoms with E-state index in [0.29, 0.717) is 11.5 Å². The number of carbonyl (C=O) groups excluding carboxylic acids is 1. The zero-order chi connectivity index (χ0) is 18.4. The number of non-ortho nitro benzene ring substituents is 1. The van der Waals surface area contributed by atoms with Crippen LogP contribution in [0.2, 0.25) is 0 Å². The molecule has 3 fully saturated rings. The number of carbonyl (C=O) groups is 1. The Morgan fingerprint density at radius 2 is 2.08 bits per heavy atom. The fourth-order valence-corrected chi connectivity index (χ4v) is 6.51. The minimum atomic E-state index is -0.471. The van der Waals surface area contributed by atoms with Crippen molar-refractivity contribution in [1.29, 1.82) is 0 Å². The molecule has 1 aromatic carbocycles. The smallest absolute Gasteiger partial charge is 0.338 e. The predicted molar refractivity (Wildman–Crippen MR) is 95.5 cm³/mol. The van der Waals surface area contributed by atoms with Crippen molar-refractivity contribution < 1.29 is 14.5 Å². The third-order valence-electron chi connectivity index (χ3n) is 7.61. The van der Waals surface area contributed by atoms with Crippen molar-refractivity contribution in [3.05, 3.63) is 64.8 Å². The molecular formula is C21H21NO4. The second-order valence-corrected chi connectivity index (χ2v) is 8.66. The molecule has 134 valence electrons. The van der Waals surface area contributed by atoms with E-state index in [1.807, 2.05) is 0 Å². The third-order valence-corrected chi connectivity index (χ3v) is 7.61. The van der Waals surface area contributed by atoms with Gasteiger partial charge in [-0.2, -0.15) is 0 Å². The molecule has 5 atom stereocenters. The monoisotopic (exact) mass is 351 g/mol. The van der Waals surface area contributed by atoms with Crippen LogP contribution in [0.1, 0.15) is 43.0 Å². The maximum atomic E-state index is 12.8. The molecule has 0 amide bonds. The number of esters is 1. The molecule has 1 aromatic rings. The first-order valence-electron chi connectivity index (χ1n) is 9.13. The van der Waals surface area contributed by atoms with Gasteiger partial charge in [0.15, 0.2) is 0 Å². The predicted octanol–water partition coefficient (Wildman–Crippen LogP) is 4.44. The summed E-state index contributed by atoms with van der Waals surface area (Å²) in [6.45, 7) is 6.32. The van der Waals surface area contributed by atoms with E-state index in [4.69, 9.17) is 4.74 Å². The third kappa shape index (κ3) is 1.56. The molecule has 0 aromatic heterocycles. The lowest BCUT2D eigenvalue weighted by molar-refractivity contribution is -0.384. The van der Waals surface area contributed by atoms with Crippen molar-refractivity contribution in [3.8, 4) is 0 Å². The number of nitro groups is 1. The van der Waals surface area contributed by atoms with Crippen LogP contribution in [0.4, 0.5) is 5.69 Å². The molecule has 26 heavy (non-hydrogen) atoms. The summed E-state index contributed by atoms with van der Waals surface area (Å²) in [5.74, 6) is -0.0711. The zero-order valence-electron chi connectivity index (χ0n) is 14.7. The van der Waals surface area contributed by atoms with E-state index < -0.39 is 10.5 Å². The average Bonchev–Trinajstić information content (AvgIpc) is 3.40. The summed E-state index contributed by atoms with van der Waals surface area (Å²) in [7, 11) is 0. The van der Waals surface area contributed by atoms with Gasteiger partial charge in [-0.25, -0.2) is 4.79 Å². The Labute approximate surface area is 151 Å². The topological polar surface area (TPSA) is 69.4 Å². The highest BCUT2D eigenvalue weighted by Gasteiger charge is 2.95. The number of hydrogen-bond acceptors (Lipinski definition) is 4. The van der Waals surface area contributed by atoms with Gasteiger partial charge in [-0.1, -0.05) is 25.2 Å². The molecule has 5 nitrogen and oxygen atoms in total. The number of hydrogen-bond donors (Lipinski definition) is 0. The second-order valence-electron chi connectivity index (χ2n) is 8.66. The molecule has 0 radical (unpaired) electrons. The number of benzene rings is 1. The lowest BCUT2D eigenvalue weighted by Crippen LogP contribution is -2.29. The summed E-state index contributed by atoms with van der Waals surface area (Å²) in [6.07, 6.45) is 10.8. The molecule has 5 heteroatoms. The van der Waals surface area contributed by atoms with Crippen LogP contribution < -0.4 is 0 Å². The van der Waals surface area contributed by atoms with E-state index in [2.05, 4.69) is 31.7 Å². The Bertz CT molecular complexity index is 890. The Morgan fingerprint density at radius 1 is 1.35 bits per heavy atom. The molecule has 3 saturated carbocycles. The summed E-state index contributed by atoms with van der Waals surface area (Å²) in [5, 5.41) is 10.8. The summed E-state index contributed by atoms with van der Waals surface area (Å²) in [6, 6.07) is 5.65. The van der Waals surface area contributed by atoms with E-state index >= 15 is 0 Å². The van der Waals surface area contributed by atoms with E-state index in [1.165, 1.54) is 24.3 Å². The van der Waals surface area contributed by atoms with Crippen molar-refractivity contribution in [3.63, 3.8) is 0 Å². The van der Waals surface area contributed by atoms with Gasteiger partial charge in [0.2, 0.25) is 0 Å². The highest BCUT2D eigenvalue weighted by Crippen LogP contribution is 2.94. The highest BCUT2D eigenvalue weighted by molar-refractivity contribution is 5.90. The quantitative estimate of drug-likeness (QED) is 0.348. The van der Waals surface area contributed by atoms with Crippen LogP contribution >= 0.6 is 0 Å². The highest BCUT2D eigenvalue weighted by atomic mass is 16.6. The van der Waals surface area contributed by atoms with Crippen molar-refractivity contribution in [2.75, 3.05) is 0 Å². The molecule has 0 N–H and O–H groups in total. The van der Waals surface area contributed by atoms with Crippen LogP contribution in [-0.2, 0) is 4.74 Å². The first-order valence-corrected chi connectivity index (χ1v) is 9.13. The molecule has 0 heterocycles. The van der Waals surface area contributed by atoms with Gasteiger partial charge in [0.25, 0.3) is 5.69 Å². The van der Waals surface area contributed by atoms with Crippen LogP contribution in [0.3, 0.4) is 0 Å². The maximum absolute atomic E-state index is 12.8. The van der Waals surface area contributed by atoms with Gasteiger partial charge in [0.1, 0.15) is 5.60 Å². The van der Waals surface area contributed by atoms with Crippen LogP contribution in [0, 0.1) is 32.3 Å². The molecule has 0 saturated heterocycles. The summed E-state index contributed by atoms with van der Waals surface area (Å²) >= 11 is 0. The van der Waals surface area contributed by atoms with Crippen molar-refractivity contribution in [1.82, 2.24) is 0 Å². The van der Waals surface area contributed by atoms with Crippen LogP contribution in [0.15, 0.2) is 49.1 Å². The molecular weight excluding hydrogens is 330 g/mol. The van der Waals surface area contributed by atoms with E-state index in [9.17, 15) is 14.9 Å². The first kappa shape index (κ1) is 15.8. The molecule has 4 aliphatic carbocycles. The molecule has 1 unspecified atom stereocenters. The second kappa shape index (κ2) is 4.45. The molecule has 5 rings (SSSR count). The van der Waals surface area contributed by atoms with Gasteiger partial charge >= 0.3 is 5.97 Å². The largest absolute Gasteiger partial charge is 0.455 e. The lowest BCUT2D eigenvalue weighted by Gasteiger charge is -2.28. The van der Waals surface area contributed by atoms with Crippen molar-refractivity contribution >= 4 is 11.7 Å². The Morgan fingerprint density at radius 3 is 2.73 bits per heavy atom. The fraction of sp³-hybridized carbons (Fsp3) is 0.476. The van der Waals surface area contributed by atoms with Crippen LogP contribution in [-0.4, -0.2) is 16.5 Å². The van der Waals surface area contributed by atoms with Gasteiger partial charge in [0.05, 0.1) is 10.5 Å². The van der Waals surface area contributed by atoms with Gasteiger partial charge in [-0.05, 0) is 43.2 Å². The summed E-state index contributed by atoms with van der Waals surface area (Å²) in [5.41, 5.74) is 0.135. The molecule has 0 bridgehead atoms. The Balaban J connectivity index is 1.44. The van der Waals surface area contributed by atoms with Crippen molar-refractivity contribution in [2.24, 2.45) is 22.2 Å².